The average Bonchev–Trinajstić information content (AvgIpc) is 2.49. The predicted octanol–water partition coefficient (Wildman–Crippen LogP) is 2.76. The first-order valence-corrected chi connectivity index (χ1v) is 7.72. The number of methoxy groups -OCH3 is 1. The summed E-state index contributed by atoms with van der Waals surface area (Å²) < 4.78 is 5.26. The number of anilines is 1. The van der Waals surface area contributed by atoms with Crippen molar-refractivity contribution < 1.29 is 4.74 Å². The molecule has 0 atom stereocenters. The van der Waals surface area contributed by atoms with Gasteiger partial charge in [-0.1, -0.05) is 13.0 Å². The van der Waals surface area contributed by atoms with Crippen LogP contribution >= 0.6 is 0 Å². The van der Waals surface area contributed by atoms with Crippen molar-refractivity contribution in [1.82, 2.24) is 9.88 Å². The Balaban J connectivity index is 1.87. The van der Waals surface area contributed by atoms with Crippen LogP contribution < -0.4 is 5.32 Å². The minimum atomic E-state index is 0.739. The topological polar surface area (TPSA) is 37.4 Å². The van der Waals surface area contributed by atoms with Gasteiger partial charge in [0.05, 0.1) is 0 Å². The number of aromatic nitrogens is 1. The van der Waals surface area contributed by atoms with Gasteiger partial charge < -0.3 is 10.1 Å². The van der Waals surface area contributed by atoms with Crippen LogP contribution in [0, 0.1) is 5.92 Å². The lowest BCUT2D eigenvalue weighted by molar-refractivity contribution is 0.0968. The molecule has 0 saturated carbocycles. The van der Waals surface area contributed by atoms with Gasteiger partial charge in [-0.2, -0.15) is 0 Å². The van der Waals surface area contributed by atoms with E-state index in [2.05, 4.69) is 28.2 Å². The summed E-state index contributed by atoms with van der Waals surface area (Å²) >= 11 is 0. The summed E-state index contributed by atoms with van der Waals surface area (Å²) in [5, 5.41) is 3.42. The number of hydrogen-bond donors (Lipinski definition) is 1. The molecule has 0 spiro atoms. The fourth-order valence-corrected chi connectivity index (χ4v) is 2.76. The second kappa shape index (κ2) is 8.22. The van der Waals surface area contributed by atoms with Crippen molar-refractivity contribution in [2.45, 2.75) is 32.7 Å². The number of nitrogens with one attached hydrogen (secondary N) is 1. The molecule has 1 aromatic rings. The zero-order valence-electron chi connectivity index (χ0n) is 12.8. The van der Waals surface area contributed by atoms with E-state index in [0.717, 1.165) is 50.9 Å². The van der Waals surface area contributed by atoms with Crippen molar-refractivity contribution in [2.24, 2.45) is 5.92 Å². The molecule has 1 N–H and O–H groups in total. The number of likely N-dealkylation sites (tertiary alicyclic amines) is 1. The largest absolute Gasteiger partial charge is 0.384 e. The number of rotatable bonds is 7. The first-order valence-electron chi connectivity index (χ1n) is 7.72. The van der Waals surface area contributed by atoms with Crippen molar-refractivity contribution in [1.29, 1.82) is 0 Å². The molecular weight excluding hydrogens is 250 g/mol. The summed E-state index contributed by atoms with van der Waals surface area (Å²) in [5.74, 6) is 1.79. The fourth-order valence-electron chi connectivity index (χ4n) is 2.76. The van der Waals surface area contributed by atoms with Crippen LogP contribution in [-0.4, -0.2) is 43.2 Å². The van der Waals surface area contributed by atoms with Crippen LogP contribution in [0.4, 0.5) is 5.82 Å². The molecule has 0 amide bonds. The van der Waals surface area contributed by atoms with Crippen molar-refractivity contribution in [3.63, 3.8) is 0 Å². The van der Waals surface area contributed by atoms with E-state index in [-0.39, 0.29) is 0 Å². The third-order valence-corrected chi connectivity index (χ3v) is 3.94. The third kappa shape index (κ3) is 4.46. The molecule has 2 rings (SSSR count). The summed E-state index contributed by atoms with van der Waals surface area (Å²) in [6, 6.07) is 4.22. The van der Waals surface area contributed by atoms with E-state index in [1.54, 1.807) is 7.11 Å². The lowest BCUT2D eigenvalue weighted by atomic mass is 9.97. The van der Waals surface area contributed by atoms with Crippen LogP contribution in [0.15, 0.2) is 18.3 Å². The van der Waals surface area contributed by atoms with Gasteiger partial charge in [0.25, 0.3) is 0 Å². The predicted molar refractivity (Wildman–Crippen MR) is 82.9 cm³/mol. The molecule has 1 fully saturated rings. The molecule has 0 aliphatic carbocycles. The van der Waals surface area contributed by atoms with Crippen molar-refractivity contribution >= 4 is 5.82 Å². The van der Waals surface area contributed by atoms with Crippen molar-refractivity contribution in [3.8, 4) is 0 Å². The van der Waals surface area contributed by atoms with E-state index in [9.17, 15) is 0 Å². The minimum absolute atomic E-state index is 0.739. The Labute approximate surface area is 122 Å². The van der Waals surface area contributed by atoms with Crippen LogP contribution in [0.25, 0.3) is 0 Å². The highest BCUT2D eigenvalue weighted by atomic mass is 16.5. The quantitative estimate of drug-likeness (QED) is 0.831. The number of piperidine rings is 1. The molecule has 1 saturated heterocycles. The molecule has 0 unspecified atom stereocenters. The maximum absolute atomic E-state index is 5.26. The highest BCUT2D eigenvalue weighted by Crippen LogP contribution is 2.21. The summed E-state index contributed by atoms with van der Waals surface area (Å²) in [5.41, 5.74) is 1.31. The Hall–Kier alpha value is -1.13. The number of hydrogen-bond acceptors (Lipinski definition) is 4. The first kappa shape index (κ1) is 15.3. The maximum Gasteiger partial charge on any atom is 0.130 e. The van der Waals surface area contributed by atoms with Crippen LogP contribution in [0.1, 0.15) is 31.7 Å². The fraction of sp³-hybridized carbons (Fsp3) is 0.688. The Morgan fingerprint density at radius 2 is 2.20 bits per heavy atom. The van der Waals surface area contributed by atoms with Crippen LogP contribution in [-0.2, 0) is 11.3 Å². The van der Waals surface area contributed by atoms with Crippen molar-refractivity contribution in [3.05, 3.63) is 23.9 Å². The second-order valence-corrected chi connectivity index (χ2v) is 5.61. The first-order chi connectivity index (χ1) is 9.83. The van der Waals surface area contributed by atoms with Gasteiger partial charge in [-0.15, -0.1) is 0 Å². The molecule has 1 aromatic heterocycles. The lowest BCUT2D eigenvalue weighted by Crippen LogP contribution is -2.34. The summed E-state index contributed by atoms with van der Waals surface area (Å²) in [6.07, 6.45) is 5.47. The van der Waals surface area contributed by atoms with E-state index in [1.165, 1.54) is 18.4 Å². The van der Waals surface area contributed by atoms with Gasteiger partial charge in [0.15, 0.2) is 0 Å². The van der Waals surface area contributed by atoms with Crippen LogP contribution in [0.2, 0.25) is 0 Å². The van der Waals surface area contributed by atoms with Gasteiger partial charge >= 0.3 is 0 Å². The van der Waals surface area contributed by atoms with Gasteiger partial charge in [-0.25, -0.2) is 4.98 Å². The zero-order chi connectivity index (χ0) is 14.2. The second-order valence-electron chi connectivity index (χ2n) is 5.61. The molecule has 0 aromatic carbocycles. The molecule has 0 bridgehead atoms. The Bertz CT molecular complexity index is 389. The Morgan fingerprint density at radius 3 is 2.90 bits per heavy atom. The van der Waals surface area contributed by atoms with Crippen LogP contribution in [0.3, 0.4) is 0 Å². The molecule has 20 heavy (non-hydrogen) atoms. The van der Waals surface area contributed by atoms with Crippen LogP contribution in [0.5, 0.6) is 0 Å². The molecule has 4 nitrogen and oxygen atoms in total. The van der Waals surface area contributed by atoms with E-state index < -0.39 is 0 Å². The number of nitrogens with zero attached hydrogens (tertiary/aromatic N) is 2. The van der Waals surface area contributed by atoms with Gasteiger partial charge in [-0.05, 0) is 44.3 Å². The minimum Gasteiger partial charge on any atom is -0.384 e. The van der Waals surface area contributed by atoms with E-state index >= 15 is 0 Å². The third-order valence-electron chi connectivity index (χ3n) is 3.94. The number of pyridine rings is 1. The zero-order valence-corrected chi connectivity index (χ0v) is 12.8. The molecular formula is C16H27N3O. The lowest BCUT2D eigenvalue weighted by Gasteiger charge is -2.31. The van der Waals surface area contributed by atoms with Gasteiger partial charge in [-0.3, -0.25) is 4.90 Å². The summed E-state index contributed by atoms with van der Waals surface area (Å²) in [4.78, 5) is 7.00. The average molecular weight is 277 g/mol. The molecule has 1 aliphatic rings. The number of ether oxygens (including phenoxy) is 1. The highest BCUT2D eigenvalue weighted by molar-refractivity contribution is 5.43. The molecule has 4 heteroatoms. The maximum atomic E-state index is 5.26. The Morgan fingerprint density at radius 1 is 1.40 bits per heavy atom. The molecule has 1 aliphatic heterocycles. The standard InChI is InChI=1S/C16H27N3O/c1-3-8-17-16-15(5-4-9-18-16)12-19-10-6-14(7-11-19)13-20-2/h4-5,9,14H,3,6-8,10-13H2,1-2H3,(H,17,18). The van der Waals surface area contributed by atoms with E-state index in [1.807, 2.05) is 12.3 Å². The molecule has 0 radical (unpaired) electrons. The summed E-state index contributed by atoms with van der Waals surface area (Å²) in [6.45, 7) is 7.39. The molecule has 112 valence electrons. The van der Waals surface area contributed by atoms with E-state index in [0.29, 0.717) is 0 Å². The Kier molecular flexibility index (Phi) is 6.27. The summed E-state index contributed by atoms with van der Waals surface area (Å²) in [7, 11) is 1.80. The van der Waals surface area contributed by atoms with Gasteiger partial charge in [0, 0.05) is 38.6 Å². The van der Waals surface area contributed by atoms with E-state index in [4.69, 9.17) is 4.74 Å². The SMILES string of the molecule is CCCNc1ncccc1CN1CCC(COC)CC1. The van der Waals surface area contributed by atoms with Gasteiger partial charge in [0.1, 0.15) is 5.82 Å². The van der Waals surface area contributed by atoms with Gasteiger partial charge in [0.2, 0.25) is 0 Å². The normalized spacial score (nSPS) is 17.3. The smallest absolute Gasteiger partial charge is 0.130 e. The molecule has 2 heterocycles. The van der Waals surface area contributed by atoms with Crippen molar-refractivity contribution in [2.75, 3.05) is 38.7 Å². The highest BCUT2D eigenvalue weighted by Gasteiger charge is 2.19. The monoisotopic (exact) mass is 277 g/mol.